The molecular weight excluding hydrogens is 590 g/mol. The summed E-state index contributed by atoms with van der Waals surface area (Å²) in [6, 6.07) is 8.83. The van der Waals surface area contributed by atoms with Crippen LogP contribution in [0.3, 0.4) is 0 Å². The normalized spacial score (nSPS) is 19.2. The first-order valence-electron chi connectivity index (χ1n) is 10.4. The third-order valence-electron chi connectivity index (χ3n) is 5.47. The zero-order valence-electron chi connectivity index (χ0n) is 19.0. The van der Waals surface area contributed by atoms with E-state index in [0.717, 1.165) is 13.0 Å². The van der Waals surface area contributed by atoms with Gasteiger partial charge in [0.25, 0.3) is 5.91 Å². The van der Waals surface area contributed by atoms with E-state index in [1.54, 1.807) is 12.1 Å². The lowest BCUT2D eigenvalue weighted by Gasteiger charge is -2.11. The van der Waals surface area contributed by atoms with Gasteiger partial charge in [-0.05, 0) is 55.6 Å². The van der Waals surface area contributed by atoms with Gasteiger partial charge >= 0.3 is 0 Å². The van der Waals surface area contributed by atoms with E-state index in [9.17, 15) is 18.4 Å². The molecule has 12 heteroatoms. The molecule has 0 saturated heterocycles. The van der Waals surface area contributed by atoms with E-state index in [1.165, 1.54) is 24.3 Å². The molecule has 0 radical (unpaired) electrons. The van der Waals surface area contributed by atoms with E-state index in [-0.39, 0.29) is 16.3 Å². The monoisotopic (exact) mass is 605 g/mol. The van der Waals surface area contributed by atoms with Gasteiger partial charge in [-0.3, -0.25) is 9.59 Å². The summed E-state index contributed by atoms with van der Waals surface area (Å²) in [5.74, 6) is -5.54. The molecule has 1 aliphatic carbocycles. The molecule has 0 heterocycles. The van der Waals surface area contributed by atoms with Crippen LogP contribution in [0.25, 0.3) is 0 Å². The molecule has 2 amide bonds. The number of nitrogens with one attached hydrogen (secondary N) is 2. The first-order valence-corrected chi connectivity index (χ1v) is 12.3. The van der Waals surface area contributed by atoms with Crippen molar-refractivity contribution in [1.29, 1.82) is 0 Å². The molecule has 1 fully saturated rings. The Labute approximate surface area is 236 Å². The molecule has 3 rings (SSSR count). The highest BCUT2D eigenvalue weighted by molar-refractivity contribution is 6.53. The van der Waals surface area contributed by atoms with E-state index < -0.39 is 51.0 Å². The number of benzene rings is 2. The molecule has 0 aliphatic heterocycles. The van der Waals surface area contributed by atoms with E-state index in [4.69, 9.17) is 58.0 Å². The second-order valence-corrected chi connectivity index (χ2v) is 10.7. The number of alkyl halides is 2. The first-order chi connectivity index (χ1) is 17.3. The highest BCUT2D eigenvalue weighted by Crippen LogP contribution is 2.65. The van der Waals surface area contributed by atoms with Crippen LogP contribution in [0.5, 0.6) is 0 Å². The minimum absolute atomic E-state index is 0.0117. The van der Waals surface area contributed by atoms with Gasteiger partial charge in [0.05, 0.1) is 16.5 Å². The number of carbonyl (C=O) groups excluding carboxylic acids is 2. The number of rotatable bonds is 8. The van der Waals surface area contributed by atoms with Crippen molar-refractivity contribution in [3.63, 3.8) is 0 Å². The summed E-state index contributed by atoms with van der Waals surface area (Å²) in [6.07, 6.45) is 0.932. The van der Waals surface area contributed by atoms with Gasteiger partial charge in [-0.2, -0.15) is 0 Å². The van der Waals surface area contributed by atoms with Crippen molar-refractivity contribution in [3.8, 4) is 0 Å². The van der Waals surface area contributed by atoms with Gasteiger partial charge in [-0.1, -0.05) is 47.5 Å². The van der Waals surface area contributed by atoms with E-state index in [0.29, 0.717) is 15.6 Å². The number of allylic oxidation sites excluding steroid dienone is 4. The van der Waals surface area contributed by atoms with Crippen LogP contribution < -0.4 is 10.6 Å². The van der Waals surface area contributed by atoms with Crippen LogP contribution in [-0.2, 0) is 4.79 Å². The Balaban J connectivity index is 1.82. The fourth-order valence-electron chi connectivity index (χ4n) is 3.67. The van der Waals surface area contributed by atoms with Gasteiger partial charge in [-0.15, -0.1) is 23.2 Å². The molecule has 2 atom stereocenters. The topological polar surface area (TPSA) is 70.6 Å². The Bertz CT molecular complexity index is 1350. The Kier molecular flexibility index (Phi) is 9.09. The van der Waals surface area contributed by atoms with E-state index >= 15 is 0 Å². The van der Waals surface area contributed by atoms with Crippen LogP contribution >= 0.6 is 58.0 Å². The summed E-state index contributed by atoms with van der Waals surface area (Å²) in [7, 11) is 0. The van der Waals surface area contributed by atoms with Gasteiger partial charge in [0.15, 0.2) is 11.6 Å². The number of amides is 2. The quantitative estimate of drug-likeness (QED) is 0.181. The molecule has 1 aliphatic rings. The molecule has 0 spiro atoms. The predicted octanol–water partition coefficient (Wildman–Crippen LogP) is 8.17. The Hall–Kier alpha value is -2.42. The summed E-state index contributed by atoms with van der Waals surface area (Å²) < 4.78 is 26.8. The molecule has 5 nitrogen and oxygen atoms in total. The molecule has 2 aromatic rings. The van der Waals surface area contributed by atoms with Crippen molar-refractivity contribution in [2.45, 2.75) is 17.2 Å². The van der Waals surface area contributed by atoms with Crippen molar-refractivity contribution in [3.05, 3.63) is 98.3 Å². The minimum atomic E-state index is -1.41. The summed E-state index contributed by atoms with van der Waals surface area (Å²) in [5, 5.41) is 5.54. The number of aliphatic imine (C=N–C) groups is 1. The smallest absolute Gasteiger partial charge is 0.258 e. The zero-order chi connectivity index (χ0) is 27.7. The van der Waals surface area contributed by atoms with Crippen molar-refractivity contribution in [2.24, 2.45) is 10.9 Å². The molecule has 2 unspecified atom stereocenters. The fourth-order valence-corrected chi connectivity index (χ4v) is 5.24. The minimum Gasteiger partial charge on any atom is -0.326 e. The summed E-state index contributed by atoms with van der Waals surface area (Å²) in [5.41, 5.74) is 0.141. The molecule has 1 saturated carbocycles. The number of carbonyl (C=O) groups is 2. The maximum absolute atomic E-state index is 14.6. The van der Waals surface area contributed by atoms with E-state index in [2.05, 4.69) is 28.9 Å². The van der Waals surface area contributed by atoms with Gasteiger partial charge in [0.2, 0.25) is 5.91 Å². The molecule has 2 aromatic carbocycles. The lowest BCUT2D eigenvalue weighted by molar-refractivity contribution is -0.117. The molecule has 0 aromatic heterocycles. The summed E-state index contributed by atoms with van der Waals surface area (Å²) >= 11 is 31.0. The lowest BCUT2D eigenvalue weighted by atomic mass is 10.1. The van der Waals surface area contributed by atoms with Crippen LogP contribution in [0, 0.1) is 5.92 Å². The van der Waals surface area contributed by atoms with Crippen molar-refractivity contribution in [1.82, 2.24) is 5.32 Å². The summed E-state index contributed by atoms with van der Waals surface area (Å²) in [4.78, 5) is 29.2. The number of hydrogen-bond acceptors (Lipinski definition) is 3. The highest BCUT2D eigenvalue weighted by atomic mass is 35.5. The Morgan fingerprint density at radius 1 is 1.08 bits per heavy atom. The van der Waals surface area contributed by atoms with Crippen molar-refractivity contribution in [2.75, 3.05) is 5.32 Å². The maximum atomic E-state index is 14.6. The molecular formula is C25H18Cl5F2N3O2. The van der Waals surface area contributed by atoms with E-state index in [1.807, 2.05) is 0 Å². The molecule has 0 bridgehead atoms. The molecule has 194 valence electrons. The van der Waals surface area contributed by atoms with Gasteiger partial charge in [0, 0.05) is 27.2 Å². The highest BCUT2D eigenvalue weighted by Gasteiger charge is 2.67. The van der Waals surface area contributed by atoms with Crippen molar-refractivity contribution >= 4 is 82.2 Å². The third-order valence-corrected chi connectivity index (χ3v) is 7.17. The molecule has 37 heavy (non-hydrogen) atoms. The molecule has 2 N–H and O–H groups in total. The SMILES string of the molecule is C=CC(=C(/C)F)/C(F)=C(\N=C)NC(=O)c1cc(NC(=O)C2C(c3cc(Cl)cc(Cl)c3)C2(Cl)Cl)ccc1Cl. The average molecular weight is 608 g/mol. The Morgan fingerprint density at radius 3 is 2.24 bits per heavy atom. The van der Waals surface area contributed by atoms with Crippen molar-refractivity contribution < 1.29 is 18.4 Å². The number of halogens is 7. The summed E-state index contributed by atoms with van der Waals surface area (Å²) in [6.45, 7) is 7.54. The first kappa shape index (κ1) is 29.1. The van der Waals surface area contributed by atoms with Gasteiger partial charge < -0.3 is 10.6 Å². The predicted molar refractivity (Wildman–Crippen MR) is 146 cm³/mol. The standard InChI is InChI=1S/C25H18Cl5F2N3O2/c1-4-16(11(2)31)21(32)22(33-3)35-23(36)17-10-15(5-6-18(17)28)34-24(37)20-19(25(20,29)30)12-7-13(26)9-14(27)8-12/h4-10,19-20H,1,3H2,2H3,(H,34,37)(H,35,36)/b16-11+,22-21-. The van der Waals surface area contributed by atoms with Crippen LogP contribution in [0.2, 0.25) is 15.1 Å². The largest absolute Gasteiger partial charge is 0.326 e. The number of anilines is 1. The van der Waals surface area contributed by atoms with Crippen LogP contribution in [0.4, 0.5) is 14.5 Å². The number of hydrogen-bond donors (Lipinski definition) is 2. The van der Waals surface area contributed by atoms with Crippen LogP contribution in [0.1, 0.15) is 28.8 Å². The van der Waals surface area contributed by atoms with Gasteiger partial charge in [-0.25, -0.2) is 13.8 Å². The second kappa shape index (κ2) is 11.5. The van der Waals surface area contributed by atoms with Crippen LogP contribution in [0.15, 0.2) is 77.1 Å². The average Bonchev–Trinajstić information content (AvgIpc) is 3.40. The van der Waals surface area contributed by atoms with Crippen LogP contribution in [-0.4, -0.2) is 22.9 Å². The third kappa shape index (κ3) is 6.36. The second-order valence-electron chi connectivity index (χ2n) is 7.94. The van der Waals surface area contributed by atoms with Gasteiger partial charge in [0.1, 0.15) is 10.2 Å². The lowest BCUT2D eigenvalue weighted by Crippen LogP contribution is -2.24. The maximum Gasteiger partial charge on any atom is 0.258 e. The number of nitrogens with zero attached hydrogens (tertiary/aromatic N) is 1. The Morgan fingerprint density at radius 2 is 1.70 bits per heavy atom. The zero-order valence-corrected chi connectivity index (χ0v) is 22.8. The fraction of sp³-hybridized carbons (Fsp3) is 0.160.